The molecule has 1 atom stereocenters. The van der Waals surface area contributed by atoms with Crippen molar-refractivity contribution in [3.63, 3.8) is 0 Å². The van der Waals surface area contributed by atoms with Gasteiger partial charge in [0.15, 0.2) is 17.3 Å². The van der Waals surface area contributed by atoms with E-state index < -0.39 is 0 Å². The second-order valence-electron chi connectivity index (χ2n) is 6.30. The van der Waals surface area contributed by atoms with Crippen molar-refractivity contribution >= 4 is 17.2 Å². The van der Waals surface area contributed by atoms with Crippen LogP contribution in [0.5, 0.6) is 11.5 Å². The van der Waals surface area contributed by atoms with Gasteiger partial charge < -0.3 is 18.9 Å². The van der Waals surface area contributed by atoms with Gasteiger partial charge in [-0.1, -0.05) is 17.3 Å². The summed E-state index contributed by atoms with van der Waals surface area (Å²) in [6.07, 6.45) is 0.386. The van der Waals surface area contributed by atoms with Gasteiger partial charge in [-0.05, 0) is 29.1 Å². The molecule has 140 valence electrons. The van der Waals surface area contributed by atoms with Crippen LogP contribution in [0.1, 0.15) is 23.7 Å². The van der Waals surface area contributed by atoms with Gasteiger partial charge in [0, 0.05) is 25.4 Å². The van der Waals surface area contributed by atoms with Crippen LogP contribution >= 0.6 is 11.3 Å². The third-order valence-electron chi connectivity index (χ3n) is 4.57. The topological polar surface area (TPSA) is 77.7 Å². The van der Waals surface area contributed by atoms with Gasteiger partial charge in [0.25, 0.3) is 5.89 Å². The normalized spacial score (nSPS) is 16.7. The number of carbonyl (C=O) groups is 1. The number of nitrogens with zero attached hydrogens (tertiary/aromatic N) is 3. The average Bonchev–Trinajstić information content (AvgIpc) is 3.42. The highest BCUT2D eigenvalue weighted by Gasteiger charge is 2.34. The number of methoxy groups -OCH3 is 2. The number of aromatic nitrogens is 2. The minimum atomic E-state index is -0.0601. The van der Waals surface area contributed by atoms with Crippen molar-refractivity contribution in [1.29, 1.82) is 0 Å². The van der Waals surface area contributed by atoms with Crippen molar-refractivity contribution in [2.45, 2.75) is 18.9 Å². The molecule has 1 aliphatic heterocycles. The number of benzene rings is 1. The first-order valence-corrected chi connectivity index (χ1v) is 9.42. The van der Waals surface area contributed by atoms with Crippen molar-refractivity contribution in [3.05, 3.63) is 47.1 Å². The van der Waals surface area contributed by atoms with E-state index in [9.17, 15) is 4.79 Å². The molecule has 4 rings (SSSR count). The highest BCUT2D eigenvalue weighted by molar-refractivity contribution is 7.13. The SMILES string of the molecule is COc1ccc(CN2CC(c3noc(-c4cccs4)n3)CC2=O)cc1OC. The average molecular weight is 385 g/mol. The molecule has 1 amide bonds. The molecule has 0 N–H and O–H groups in total. The molecular weight excluding hydrogens is 366 g/mol. The molecule has 2 aromatic heterocycles. The van der Waals surface area contributed by atoms with Gasteiger partial charge in [0.1, 0.15) is 0 Å². The summed E-state index contributed by atoms with van der Waals surface area (Å²) in [5.41, 5.74) is 0.981. The number of hydrogen-bond donors (Lipinski definition) is 0. The molecule has 1 fully saturated rings. The minimum Gasteiger partial charge on any atom is -0.493 e. The standard InChI is InChI=1S/C19H19N3O4S/c1-24-14-6-5-12(8-15(14)25-2)10-22-11-13(9-17(22)23)18-20-19(26-21-18)16-4-3-7-27-16/h3-8,13H,9-11H2,1-2H3. The number of hydrogen-bond acceptors (Lipinski definition) is 7. The number of carbonyl (C=O) groups excluding carboxylic acids is 1. The number of rotatable bonds is 6. The number of likely N-dealkylation sites (tertiary alicyclic amines) is 1. The zero-order valence-electron chi connectivity index (χ0n) is 15.0. The van der Waals surface area contributed by atoms with E-state index >= 15 is 0 Å². The smallest absolute Gasteiger partial charge is 0.267 e. The van der Waals surface area contributed by atoms with Gasteiger partial charge in [-0.15, -0.1) is 11.3 Å². The quantitative estimate of drug-likeness (QED) is 0.648. The molecule has 7 nitrogen and oxygen atoms in total. The van der Waals surface area contributed by atoms with Gasteiger partial charge in [-0.2, -0.15) is 4.98 Å². The molecular formula is C19H19N3O4S. The molecule has 0 aliphatic carbocycles. The van der Waals surface area contributed by atoms with E-state index in [1.807, 2.05) is 40.6 Å². The Morgan fingerprint density at radius 3 is 2.85 bits per heavy atom. The lowest BCUT2D eigenvalue weighted by molar-refractivity contribution is -0.128. The van der Waals surface area contributed by atoms with Gasteiger partial charge in [-0.25, -0.2) is 0 Å². The molecule has 0 radical (unpaired) electrons. The van der Waals surface area contributed by atoms with Gasteiger partial charge >= 0.3 is 0 Å². The predicted octanol–water partition coefficient (Wildman–Crippen LogP) is 3.33. The van der Waals surface area contributed by atoms with E-state index in [1.54, 1.807) is 25.6 Å². The Kier molecular flexibility index (Phi) is 4.81. The highest BCUT2D eigenvalue weighted by Crippen LogP contribution is 2.32. The van der Waals surface area contributed by atoms with Crippen LogP contribution in [0.4, 0.5) is 0 Å². The van der Waals surface area contributed by atoms with Crippen LogP contribution < -0.4 is 9.47 Å². The minimum absolute atomic E-state index is 0.0601. The first kappa shape index (κ1) is 17.5. The van der Waals surface area contributed by atoms with Crippen molar-refractivity contribution in [3.8, 4) is 22.3 Å². The first-order chi connectivity index (χ1) is 13.2. The largest absolute Gasteiger partial charge is 0.493 e. The van der Waals surface area contributed by atoms with E-state index in [0.717, 1.165) is 10.4 Å². The van der Waals surface area contributed by atoms with E-state index in [0.29, 0.717) is 42.7 Å². The first-order valence-electron chi connectivity index (χ1n) is 8.54. The molecule has 1 aliphatic rings. The summed E-state index contributed by atoms with van der Waals surface area (Å²) in [4.78, 5) is 19.7. The van der Waals surface area contributed by atoms with Crippen molar-refractivity contribution in [2.24, 2.45) is 0 Å². The van der Waals surface area contributed by atoms with Crippen molar-refractivity contribution < 1.29 is 18.8 Å². The predicted molar refractivity (Wildman–Crippen MR) is 99.9 cm³/mol. The third-order valence-corrected chi connectivity index (χ3v) is 5.43. The fourth-order valence-corrected chi connectivity index (χ4v) is 3.84. The summed E-state index contributed by atoms with van der Waals surface area (Å²) < 4.78 is 16.0. The molecule has 27 heavy (non-hydrogen) atoms. The lowest BCUT2D eigenvalue weighted by Gasteiger charge is -2.17. The second kappa shape index (κ2) is 7.40. The maximum Gasteiger partial charge on any atom is 0.267 e. The third kappa shape index (κ3) is 3.52. The Morgan fingerprint density at radius 1 is 1.26 bits per heavy atom. The zero-order chi connectivity index (χ0) is 18.8. The number of amides is 1. The Bertz CT molecular complexity index is 938. The number of thiophene rings is 1. The molecule has 0 saturated carbocycles. The molecule has 3 aromatic rings. The van der Waals surface area contributed by atoms with Crippen molar-refractivity contribution in [1.82, 2.24) is 15.0 Å². The van der Waals surface area contributed by atoms with Crippen LogP contribution in [-0.2, 0) is 11.3 Å². The maximum atomic E-state index is 12.5. The second-order valence-corrected chi connectivity index (χ2v) is 7.25. The Balaban J connectivity index is 1.46. The molecule has 1 saturated heterocycles. The lowest BCUT2D eigenvalue weighted by Crippen LogP contribution is -2.24. The molecule has 0 bridgehead atoms. The highest BCUT2D eigenvalue weighted by atomic mass is 32.1. The summed E-state index contributed by atoms with van der Waals surface area (Å²) in [7, 11) is 3.20. The van der Waals surface area contributed by atoms with Crippen LogP contribution in [0.25, 0.3) is 10.8 Å². The summed E-state index contributed by atoms with van der Waals surface area (Å²) in [6, 6.07) is 9.55. The van der Waals surface area contributed by atoms with Crippen LogP contribution in [0.15, 0.2) is 40.2 Å². The van der Waals surface area contributed by atoms with E-state index in [4.69, 9.17) is 14.0 Å². The molecule has 1 aromatic carbocycles. The van der Waals surface area contributed by atoms with Crippen LogP contribution in [-0.4, -0.2) is 41.7 Å². The van der Waals surface area contributed by atoms with Crippen molar-refractivity contribution in [2.75, 3.05) is 20.8 Å². The maximum absolute atomic E-state index is 12.5. The van der Waals surface area contributed by atoms with Crippen LogP contribution in [0, 0.1) is 0 Å². The fourth-order valence-electron chi connectivity index (χ4n) is 3.20. The lowest BCUT2D eigenvalue weighted by atomic mass is 10.1. The Morgan fingerprint density at radius 2 is 2.11 bits per heavy atom. The Labute approximate surface area is 160 Å². The molecule has 3 heterocycles. The van der Waals surface area contributed by atoms with Crippen LogP contribution in [0.2, 0.25) is 0 Å². The number of ether oxygens (including phenoxy) is 2. The summed E-state index contributed by atoms with van der Waals surface area (Å²) in [5, 5.41) is 6.05. The van der Waals surface area contributed by atoms with Gasteiger partial charge in [-0.3, -0.25) is 4.79 Å². The van der Waals surface area contributed by atoms with E-state index in [1.165, 1.54) is 0 Å². The van der Waals surface area contributed by atoms with Crippen LogP contribution in [0.3, 0.4) is 0 Å². The molecule has 8 heteroatoms. The summed E-state index contributed by atoms with van der Waals surface area (Å²) in [5.74, 6) is 2.43. The van der Waals surface area contributed by atoms with E-state index in [-0.39, 0.29) is 11.8 Å². The molecule has 0 spiro atoms. The van der Waals surface area contributed by atoms with E-state index in [2.05, 4.69) is 10.1 Å². The van der Waals surface area contributed by atoms with Gasteiger partial charge in [0.05, 0.1) is 19.1 Å². The fraction of sp³-hybridized carbons (Fsp3) is 0.316. The molecule has 1 unspecified atom stereocenters. The Hall–Kier alpha value is -2.87. The van der Waals surface area contributed by atoms with Gasteiger partial charge in [0.2, 0.25) is 5.91 Å². The summed E-state index contributed by atoms with van der Waals surface area (Å²) >= 11 is 1.55. The zero-order valence-corrected chi connectivity index (χ0v) is 15.9. The summed E-state index contributed by atoms with van der Waals surface area (Å²) in [6.45, 7) is 1.07. The monoisotopic (exact) mass is 385 g/mol.